The first-order valence-electron chi connectivity index (χ1n) is 8.48. The predicted octanol–water partition coefficient (Wildman–Crippen LogP) is 2.58. The molecule has 4 rings (SSSR count). The fourth-order valence-corrected chi connectivity index (χ4v) is 3.64. The Hall–Kier alpha value is -1.88. The maximum atomic E-state index is 12.4. The summed E-state index contributed by atoms with van der Waals surface area (Å²) < 4.78 is 7.68. The van der Waals surface area contributed by atoms with Crippen molar-refractivity contribution in [1.29, 1.82) is 0 Å². The molecule has 2 aromatic rings. The molecule has 1 unspecified atom stereocenters. The van der Waals surface area contributed by atoms with E-state index in [4.69, 9.17) is 9.72 Å². The summed E-state index contributed by atoms with van der Waals surface area (Å²) in [5.74, 6) is 1.82. The monoisotopic (exact) mass is 313 g/mol. The first-order valence-corrected chi connectivity index (χ1v) is 8.48. The fraction of sp³-hybridized carbons (Fsp3) is 0.556. The molecule has 1 aromatic heterocycles. The van der Waals surface area contributed by atoms with E-state index >= 15 is 0 Å². The molecule has 2 aliphatic rings. The molecule has 1 atom stereocenters. The van der Waals surface area contributed by atoms with Gasteiger partial charge in [-0.1, -0.05) is 26.0 Å². The van der Waals surface area contributed by atoms with Gasteiger partial charge in [0.05, 0.1) is 29.6 Å². The van der Waals surface area contributed by atoms with Crippen molar-refractivity contribution >= 4 is 16.9 Å². The summed E-state index contributed by atoms with van der Waals surface area (Å²) in [7, 11) is 0. The van der Waals surface area contributed by atoms with Crippen molar-refractivity contribution < 1.29 is 9.53 Å². The minimum Gasteiger partial charge on any atom is -0.381 e. The SMILES string of the molecule is CC(C)c1nc2ccccc2n1C1CN(C(=O)C2CCOC2)C1. The quantitative estimate of drug-likeness (QED) is 0.875. The summed E-state index contributed by atoms with van der Waals surface area (Å²) in [6.45, 7) is 7.23. The zero-order valence-corrected chi connectivity index (χ0v) is 13.7. The van der Waals surface area contributed by atoms with Crippen molar-refractivity contribution in [3.63, 3.8) is 0 Å². The summed E-state index contributed by atoms with van der Waals surface area (Å²) in [5, 5.41) is 0. The Bertz CT molecular complexity index is 725. The van der Waals surface area contributed by atoms with Gasteiger partial charge in [0.15, 0.2) is 0 Å². The lowest BCUT2D eigenvalue weighted by Crippen LogP contribution is -2.53. The summed E-state index contributed by atoms with van der Waals surface area (Å²) >= 11 is 0. The largest absolute Gasteiger partial charge is 0.381 e. The van der Waals surface area contributed by atoms with Crippen LogP contribution < -0.4 is 0 Å². The number of likely N-dealkylation sites (tertiary alicyclic amines) is 1. The van der Waals surface area contributed by atoms with Crippen LogP contribution in [0.2, 0.25) is 0 Å². The maximum absolute atomic E-state index is 12.4. The van der Waals surface area contributed by atoms with Crippen LogP contribution in [-0.2, 0) is 9.53 Å². The van der Waals surface area contributed by atoms with Crippen LogP contribution in [0.15, 0.2) is 24.3 Å². The van der Waals surface area contributed by atoms with E-state index in [1.807, 2.05) is 11.0 Å². The Kier molecular flexibility index (Phi) is 3.60. The highest BCUT2D eigenvalue weighted by molar-refractivity contribution is 5.80. The van der Waals surface area contributed by atoms with Gasteiger partial charge in [-0.15, -0.1) is 0 Å². The van der Waals surface area contributed by atoms with Crippen LogP contribution >= 0.6 is 0 Å². The molecule has 3 heterocycles. The lowest BCUT2D eigenvalue weighted by Gasteiger charge is -2.42. The molecule has 5 heteroatoms. The molecule has 0 bridgehead atoms. The van der Waals surface area contributed by atoms with E-state index in [-0.39, 0.29) is 11.8 Å². The second kappa shape index (κ2) is 5.64. The average Bonchev–Trinajstić information content (AvgIpc) is 3.13. The third-order valence-corrected chi connectivity index (χ3v) is 4.96. The Morgan fingerprint density at radius 2 is 2.09 bits per heavy atom. The molecular weight excluding hydrogens is 290 g/mol. The van der Waals surface area contributed by atoms with Crippen LogP contribution in [0.5, 0.6) is 0 Å². The number of ether oxygens (including phenoxy) is 1. The molecule has 0 spiro atoms. The average molecular weight is 313 g/mol. The van der Waals surface area contributed by atoms with Crippen LogP contribution in [0, 0.1) is 5.92 Å². The van der Waals surface area contributed by atoms with E-state index in [2.05, 4.69) is 36.6 Å². The Labute approximate surface area is 136 Å². The van der Waals surface area contributed by atoms with Gasteiger partial charge in [0.1, 0.15) is 5.82 Å². The van der Waals surface area contributed by atoms with Gasteiger partial charge in [0, 0.05) is 25.6 Å². The van der Waals surface area contributed by atoms with Crippen LogP contribution in [0.3, 0.4) is 0 Å². The van der Waals surface area contributed by atoms with Crippen LogP contribution in [0.4, 0.5) is 0 Å². The van der Waals surface area contributed by atoms with Crippen molar-refractivity contribution in [2.45, 2.75) is 32.2 Å². The number of carbonyl (C=O) groups excluding carboxylic acids is 1. The standard InChI is InChI=1S/C18H23N3O2/c1-12(2)17-19-15-5-3-4-6-16(15)21(17)14-9-20(10-14)18(22)13-7-8-23-11-13/h3-6,12-14H,7-11H2,1-2H3. The first-order chi connectivity index (χ1) is 11.1. The summed E-state index contributed by atoms with van der Waals surface area (Å²) in [6, 6.07) is 8.62. The van der Waals surface area contributed by atoms with Gasteiger partial charge in [-0.3, -0.25) is 4.79 Å². The van der Waals surface area contributed by atoms with Gasteiger partial charge in [-0.2, -0.15) is 0 Å². The fourth-order valence-electron chi connectivity index (χ4n) is 3.64. The van der Waals surface area contributed by atoms with Crippen molar-refractivity contribution in [2.24, 2.45) is 5.92 Å². The summed E-state index contributed by atoms with van der Waals surface area (Å²) in [5.41, 5.74) is 2.22. The molecule has 0 radical (unpaired) electrons. The van der Waals surface area contributed by atoms with E-state index in [9.17, 15) is 4.79 Å². The maximum Gasteiger partial charge on any atom is 0.228 e. The first kappa shape index (κ1) is 14.7. The van der Waals surface area contributed by atoms with Gasteiger partial charge in [-0.25, -0.2) is 4.98 Å². The second-order valence-electron chi connectivity index (χ2n) is 6.94. The topological polar surface area (TPSA) is 47.4 Å². The van der Waals surface area contributed by atoms with E-state index in [0.29, 0.717) is 18.6 Å². The van der Waals surface area contributed by atoms with Gasteiger partial charge >= 0.3 is 0 Å². The molecule has 2 fully saturated rings. The number of aromatic nitrogens is 2. The highest BCUT2D eigenvalue weighted by Crippen LogP contribution is 2.32. The molecule has 1 amide bonds. The number of nitrogens with zero attached hydrogens (tertiary/aromatic N) is 3. The van der Waals surface area contributed by atoms with E-state index < -0.39 is 0 Å². The van der Waals surface area contributed by atoms with E-state index in [1.165, 1.54) is 5.52 Å². The minimum absolute atomic E-state index is 0.0695. The molecule has 122 valence electrons. The lowest BCUT2D eigenvalue weighted by molar-refractivity contribution is -0.141. The number of fused-ring (bicyclic) bond motifs is 1. The van der Waals surface area contributed by atoms with Gasteiger partial charge in [-0.05, 0) is 18.6 Å². The normalized spacial score (nSPS) is 22.0. The highest BCUT2D eigenvalue weighted by atomic mass is 16.5. The highest BCUT2D eigenvalue weighted by Gasteiger charge is 2.38. The number of para-hydroxylation sites is 2. The Balaban J connectivity index is 1.57. The zero-order valence-electron chi connectivity index (χ0n) is 13.7. The smallest absolute Gasteiger partial charge is 0.228 e. The number of carbonyl (C=O) groups is 1. The molecule has 0 saturated carbocycles. The molecular formula is C18H23N3O2. The number of amides is 1. The van der Waals surface area contributed by atoms with Gasteiger partial charge in [0.25, 0.3) is 0 Å². The number of imidazole rings is 1. The Morgan fingerprint density at radius 1 is 1.30 bits per heavy atom. The molecule has 23 heavy (non-hydrogen) atoms. The van der Waals surface area contributed by atoms with Crippen molar-refractivity contribution in [3.8, 4) is 0 Å². The summed E-state index contributed by atoms with van der Waals surface area (Å²) in [6.07, 6.45) is 0.866. The molecule has 2 aliphatic heterocycles. The van der Waals surface area contributed by atoms with Gasteiger partial charge < -0.3 is 14.2 Å². The predicted molar refractivity (Wildman–Crippen MR) is 88.4 cm³/mol. The second-order valence-corrected chi connectivity index (χ2v) is 6.94. The van der Waals surface area contributed by atoms with Crippen LogP contribution in [-0.4, -0.2) is 46.7 Å². The minimum atomic E-state index is 0.0695. The van der Waals surface area contributed by atoms with E-state index in [1.54, 1.807) is 0 Å². The molecule has 2 saturated heterocycles. The third-order valence-electron chi connectivity index (χ3n) is 4.96. The summed E-state index contributed by atoms with van der Waals surface area (Å²) in [4.78, 5) is 19.2. The third kappa shape index (κ3) is 2.43. The van der Waals surface area contributed by atoms with E-state index in [0.717, 1.165) is 37.5 Å². The lowest BCUT2D eigenvalue weighted by atomic mass is 10.0. The van der Waals surface area contributed by atoms with Crippen LogP contribution in [0.1, 0.15) is 38.1 Å². The zero-order chi connectivity index (χ0) is 16.0. The van der Waals surface area contributed by atoms with Crippen molar-refractivity contribution in [3.05, 3.63) is 30.1 Å². The number of hydrogen-bond acceptors (Lipinski definition) is 3. The van der Waals surface area contributed by atoms with Crippen LogP contribution in [0.25, 0.3) is 11.0 Å². The van der Waals surface area contributed by atoms with Gasteiger partial charge in [0.2, 0.25) is 5.91 Å². The molecule has 1 aromatic carbocycles. The molecule has 0 N–H and O–H groups in total. The van der Waals surface area contributed by atoms with Crippen molar-refractivity contribution in [1.82, 2.24) is 14.5 Å². The number of hydrogen-bond donors (Lipinski definition) is 0. The molecule has 5 nitrogen and oxygen atoms in total. The Morgan fingerprint density at radius 3 is 2.78 bits per heavy atom. The van der Waals surface area contributed by atoms with Crippen molar-refractivity contribution in [2.75, 3.05) is 26.3 Å². The number of rotatable bonds is 3. The number of benzene rings is 1. The molecule has 0 aliphatic carbocycles.